The van der Waals surface area contributed by atoms with E-state index in [2.05, 4.69) is 30.3 Å². The fraction of sp³-hybridized carbons (Fsp3) is 0.538. The highest BCUT2D eigenvalue weighted by Crippen LogP contribution is 2.28. The molecule has 8 nitrogen and oxygen atoms in total. The molecule has 1 amide bonds. The maximum absolute atomic E-state index is 11.9. The zero-order valence-electron chi connectivity index (χ0n) is 11.7. The highest BCUT2D eigenvalue weighted by atomic mass is 16.1. The normalized spacial score (nSPS) is 16.0. The third-order valence-electron chi connectivity index (χ3n) is 3.86. The van der Waals surface area contributed by atoms with Crippen molar-refractivity contribution in [3.8, 4) is 0 Å². The zero-order chi connectivity index (χ0) is 14.7. The number of hydrogen-bond donors (Lipinski definition) is 3. The molecule has 1 aliphatic rings. The Kier molecular flexibility index (Phi) is 3.85. The van der Waals surface area contributed by atoms with E-state index in [0.717, 1.165) is 18.7 Å². The average Bonchev–Trinajstić information content (AvgIpc) is 3.14. The van der Waals surface area contributed by atoms with Gasteiger partial charge in [-0.05, 0) is 12.8 Å². The molecule has 112 valence electrons. The number of H-pyrrole nitrogens is 1. The van der Waals surface area contributed by atoms with Crippen LogP contribution < -0.4 is 11.1 Å². The Morgan fingerprint density at radius 2 is 2.24 bits per heavy atom. The molecule has 0 saturated heterocycles. The van der Waals surface area contributed by atoms with Crippen LogP contribution in [0.2, 0.25) is 0 Å². The lowest BCUT2D eigenvalue weighted by Crippen LogP contribution is -2.26. The molecule has 1 fully saturated rings. The van der Waals surface area contributed by atoms with Crippen LogP contribution in [0.1, 0.15) is 54.5 Å². The average molecular weight is 289 g/mol. The minimum Gasteiger partial charge on any atom is -0.382 e. The van der Waals surface area contributed by atoms with E-state index >= 15 is 0 Å². The second-order valence-electron chi connectivity index (χ2n) is 5.34. The van der Waals surface area contributed by atoms with Crippen LogP contribution in [0, 0.1) is 0 Å². The van der Waals surface area contributed by atoms with Gasteiger partial charge in [-0.25, -0.2) is 0 Å². The fourth-order valence-corrected chi connectivity index (χ4v) is 2.77. The SMILES string of the molecule is Nc1cc(C(=O)NCc2nncn2C2CCCCC2)[nH]n1. The number of rotatable bonds is 4. The van der Waals surface area contributed by atoms with Gasteiger partial charge >= 0.3 is 0 Å². The van der Waals surface area contributed by atoms with E-state index < -0.39 is 0 Å². The molecular formula is C13H19N7O. The first kappa shape index (κ1) is 13.6. The van der Waals surface area contributed by atoms with Gasteiger partial charge in [-0.15, -0.1) is 10.2 Å². The van der Waals surface area contributed by atoms with E-state index in [1.807, 2.05) is 0 Å². The first-order valence-electron chi connectivity index (χ1n) is 7.21. The van der Waals surface area contributed by atoms with Crippen LogP contribution in [0.3, 0.4) is 0 Å². The number of amides is 1. The Morgan fingerprint density at radius 1 is 1.43 bits per heavy atom. The molecule has 2 aromatic rings. The fourth-order valence-electron chi connectivity index (χ4n) is 2.77. The third-order valence-corrected chi connectivity index (χ3v) is 3.86. The van der Waals surface area contributed by atoms with Crippen LogP contribution in [0.25, 0.3) is 0 Å². The van der Waals surface area contributed by atoms with E-state index in [1.165, 1.54) is 25.3 Å². The smallest absolute Gasteiger partial charge is 0.269 e. The molecule has 0 aromatic carbocycles. The van der Waals surface area contributed by atoms with Crippen LogP contribution in [0.5, 0.6) is 0 Å². The number of nitrogens with zero attached hydrogens (tertiary/aromatic N) is 4. The van der Waals surface area contributed by atoms with Crippen molar-refractivity contribution in [3.05, 3.63) is 23.9 Å². The highest BCUT2D eigenvalue weighted by Gasteiger charge is 2.19. The largest absolute Gasteiger partial charge is 0.382 e. The van der Waals surface area contributed by atoms with E-state index in [4.69, 9.17) is 5.73 Å². The minimum atomic E-state index is -0.252. The van der Waals surface area contributed by atoms with Crippen molar-refractivity contribution in [1.29, 1.82) is 0 Å². The summed E-state index contributed by atoms with van der Waals surface area (Å²) in [7, 11) is 0. The number of aromatic amines is 1. The van der Waals surface area contributed by atoms with E-state index in [0.29, 0.717) is 24.1 Å². The van der Waals surface area contributed by atoms with Crippen LogP contribution >= 0.6 is 0 Å². The molecule has 21 heavy (non-hydrogen) atoms. The van der Waals surface area contributed by atoms with Crippen molar-refractivity contribution in [2.24, 2.45) is 0 Å². The van der Waals surface area contributed by atoms with Gasteiger partial charge in [0.2, 0.25) is 0 Å². The summed E-state index contributed by atoms with van der Waals surface area (Å²) in [6, 6.07) is 1.95. The maximum Gasteiger partial charge on any atom is 0.269 e. The van der Waals surface area contributed by atoms with E-state index in [1.54, 1.807) is 6.33 Å². The van der Waals surface area contributed by atoms with Gasteiger partial charge in [0.05, 0.1) is 6.54 Å². The Bertz CT molecular complexity index is 612. The van der Waals surface area contributed by atoms with Crippen molar-refractivity contribution in [2.45, 2.75) is 44.7 Å². The number of nitrogen functional groups attached to an aromatic ring is 1. The lowest BCUT2D eigenvalue weighted by molar-refractivity contribution is 0.0944. The zero-order valence-corrected chi connectivity index (χ0v) is 11.7. The molecule has 2 aromatic heterocycles. The van der Waals surface area contributed by atoms with Crippen LogP contribution in [-0.2, 0) is 6.54 Å². The van der Waals surface area contributed by atoms with Gasteiger partial charge in [-0.1, -0.05) is 19.3 Å². The summed E-state index contributed by atoms with van der Waals surface area (Å²) in [6.45, 7) is 0.342. The number of anilines is 1. The molecule has 0 radical (unpaired) electrons. The predicted octanol–water partition coefficient (Wildman–Crippen LogP) is 1.02. The van der Waals surface area contributed by atoms with Gasteiger partial charge in [0.15, 0.2) is 5.82 Å². The summed E-state index contributed by atoms with van der Waals surface area (Å²) < 4.78 is 2.08. The molecule has 8 heteroatoms. The monoisotopic (exact) mass is 289 g/mol. The van der Waals surface area contributed by atoms with Crippen molar-refractivity contribution >= 4 is 11.7 Å². The Morgan fingerprint density at radius 3 is 2.95 bits per heavy atom. The Balaban J connectivity index is 1.63. The number of nitrogens with one attached hydrogen (secondary N) is 2. The molecule has 1 aliphatic carbocycles. The van der Waals surface area contributed by atoms with Crippen LogP contribution in [0.15, 0.2) is 12.4 Å². The Labute approximate surface area is 122 Å². The van der Waals surface area contributed by atoms with Gasteiger partial charge in [0.25, 0.3) is 5.91 Å². The van der Waals surface area contributed by atoms with Gasteiger partial charge in [-0.2, -0.15) is 5.10 Å². The standard InChI is InChI=1S/C13H19N7O/c14-11-6-10(17-18-11)13(21)15-7-12-19-16-8-20(12)9-4-2-1-3-5-9/h6,8-9H,1-5,7H2,(H,15,21)(H3,14,17,18). The summed E-state index contributed by atoms with van der Waals surface area (Å²) in [5.41, 5.74) is 5.82. The maximum atomic E-state index is 11.9. The third kappa shape index (κ3) is 3.04. The summed E-state index contributed by atoms with van der Waals surface area (Å²) in [6.07, 6.45) is 7.83. The minimum absolute atomic E-state index is 0.252. The van der Waals surface area contributed by atoms with E-state index in [-0.39, 0.29) is 5.91 Å². The summed E-state index contributed by atoms with van der Waals surface area (Å²) >= 11 is 0. The lowest BCUT2D eigenvalue weighted by Gasteiger charge is -2.23. The molecule has 0 atom stereocenters. The van der Waals surface area contributed by atoms with E-state index in [9.17, 15) is 4.79 Å². The number of nitrogens with two attached hydrogens (primary N) is 1. The van der Waals surface area contributed by atoms with Crippen molar-refractivity contribution < 1.29 is 4.79 Å². The molecular weight excluding hydrogens is 270 g/mol. The second-order valence-corrected chi connectivity index (χ2v) is 5.34. The molecule has 0 bridgehead atoms. The summed E-state index contributed by atoms with van der Waals surface area (Å²) in [5, 5.41) is 17.2. The number of carbonyl (C=O) groups excluding carboxylic acids is 1. The number of hydrogen-bond acceptors (Lipinski definition) is 5. The molecule has 0 unspecified atom stereocenters. The van der Waals surface area contributed by atoms with Crippen molar-refractivity contribution in [1.82, 2.24) is 30.3 Å². The number of aromatic nitrogens is 5. The molecule has 2 heterocycles. The number of carbonyl (C=O) groups is 1. The summed E-state index contributed by atoms with van der Waals surface area (Å²) in [4.78, 5) is 11.9. The first-order valence-corrected chi connectivity index (χ1v) is 7.21. The quantitative estimate of drug-likeness (QED) is 0.777. The van der Waals surface area contributed by atoms with Gasteiger partial charge in [0, 0.05) is 12.1 Å². The molecule has 0 spiro atoms. The molecule has 4 N–H and O–H groups in total. The van der Waals surface area contributed by atoms with Gasteiger partial charge in [0.1, 0.15) is 17.8 Å². The predicted molar refractivity (Wildman–Crippen MR) is 76.3 cm³/mol. The van der Waals surface area contributed by atoms with Gasteiger partial charge in [-0.3, -0.25) is 9.89 Å². The topological polar surface area (TPSA) is 115 Å². The van der Waals surface area contributed by atoms with Gasteiger partial charge < -0.3 is 15.6 Å². The van der Waals surface area contributed by atoms with Crippen molar-refractivity contribution in [3.63, 3.8) is 0 Å². The second kappa shape index (κ2) is 5.94. The van der Waals surface area contributed by atoms with Crippen LogP contribution in [-0.4, -0.2) is 30.9 Å². The Hall–Kier alpha value is -2.38. The lowest BCUT2D eigenvalue weighted by atomic mass is 9.95. The highest BCUT2D eigenvalue weighted by molar-refractivity contribution is 5.92. The molecule has 3 rings (SSSR count). The first-order chi connectivity index (χ1) is 10.2. The van der Waals surface area contributed by atoms with Crippen LogP contribution in [0.4, 0.5) is 5.82 Å². The molecule has 0 aliphatic heterocycles. The summed E-state index contributed by atoms with van der Waals surface area (Å²) in [5.74, 6) is 0.825. The molecule has 1 saturated carbocycles. The van der Waals surface area contributed by atoms with Crippen molar-refractivity contribution in [2.75, 3.05) is 5.73 Å².